The van der Waals surface area contributed by atoms with Gasteiger partial charge in [-0.05, 0) is 12.8 Å². The molecule has 2 heterocycles. The third kappa shape index (κ3) is 8.65. The fourth-order valence-corrected chi connectivity index (χ4v) is 4.50. The van der Waals surface area contributed by atoms with Crippen LogP contribution in [0.4, 0.5) is 5.95 Å². The molecule has 2 aromatic rings. The number of imidazole rings is 1. The van der Waals surface area contributed by atoms with Crippen molar-refractivity contribution in [2.45, 2.75) is 19.4 Å². The first-order valence-corrected chi connectivity index (χ1v) is 12.5. The molecule has 0 aliphatic carbocycles. The van der Waals surface area contributed by atoms with Gasteiger partial charge in [-0.2, -0.15) is 9.97 Å². The van der Waals surface area contributed by atoms with E-state index in [9.17, 15) is 9.13 Å². The summed E-state index contributed by atoms with van der Waals surface area (Å²) in [4.78, 5) is 30.0. The van der Waals surface area contributed by atoms with Gasteiger partial charge in [-0.3, -0.25) is 9.13 Å². The van der Waals surface area contributed by atoms with Crippen LogP contribution in [0.1, 0.15) is 12.8 Å². The second-order valence-corrected chi connectivity index (χ2v) is 9.83. The predicted octanol–water partition coefficient (Wildman–Crippen LogP) is 0.857. The maximum absolute atomic E-state index is 11.3. The lowest BCUT2D eigenvalue weighted by Gasteiger charge is -2.08. The summed E-state index contributed by atoms with van der Waals surface area (Å²) in [6, 6.07) is 0. The summed E-state index contributed by atoms with van der Waals surface area (Å²) in [7, 11) is -5.46. The second kappa shape index (κ2) is 12.3. The summed E-state index contributed by atoms with van der Waals surface area (Å²) < 4.78 is 44.8. The lowest BCUT2D eigenvalue weighted by atomic mass is 10.4. The number of aryl methyl sites for hydroxylation is 1. The lowest BCUT2D eigenvalue weighted by Crippen LogP contribution is -2.08. The summed E-state index contributed by atoms with van der Waals surface area (Å²) >= 11 is 0. The minimum absolute atomic E-state index is 0.0888. The summed E-state index contributed by atoms with van der Waals surface area (Å²) in [6.07, 6.45) is 2.79. The van der Waals surface area contributed by atoms with Crippen LogP contribution in [-0.2, 0) is 29.7 Å². The Morgan fingerprint density at radius 2 is 1.93 bits per heavy atom. The van der Waals surface area contributed by atoms with Crippen molar-refractivity contribution < 1.29 is 37.7 Å². The Morgan fingerprint density at radius 1 is 1.17 bits per heavy atom. The number of aromatic nitrogens is 4. The Labute approximate surface area is 173 Å². The molecule has 2 aromatic heterocycles. The quantitative estimate of drug-likeness (QED) is 0.249. The van der Waals surface area contributed by atoms with Gasteiger partial charge in [0.2, 0.25) is 19.9 Å². The molecule has 2 rings (SSSR count). The van der Waals surface area contributed by atoms with Gasteiger partial charge < -0.3 is 38.8 Å². The first kappa shape index (κ1) is 24.7. The standard InChI is InChI=1S/C15H27N5O8P2/c1-25-8-9-27-14-12-13(18-15(16)19-14)20(10-17-12)4-2-5-26-6-3-7-28-29(21)11-30(22,23)24/h10,29H,2-9,11H2,1H3,(H2,16,18,19)(H2,22,23,24). The van der Waals surface area contributed by atoms with Crippen molar-refractivity contribution in [1.29, 1.82) is 0 Å². The summed E-state index contributed by atoms with van der Waals surface area (Å²) in [5, 5.41) is 0. The van der Waals surface area contributed by atoms with Crippen LogP contribution >= 0.6 is 15.6 Å². The molecular weight excluding hydrogens is 440 g/mol. The first-order valence-electron chi connectivity index (χ1n) is 9.18. The van der Waals surface area contributed by atoms with Gasteiger partial charge in [0.15, 0.2) is 11.2 Å². The molecule has 0 aliphatic heterocycles. The minimum atomic E-state index is -4.31. The maximum atomic E-state index is 11.3. The number of nitrogens with two attached hydrogens (primary N) is 1. The highest BCUT2D eigenvalue weighted by Gasteiger charge is 2.18. The topological polar surface area (TPSA) is 181 Å². The highest BCUT2D eigenvalue weighted by atomic mass is 31.2. The molecule has 30 heavy (non-hydrogen) atoms. The van der Waals surface area contributed by atoms with E-state index in [0.29, 0.717) is 62.9 Å². The van der Waals surface area contributed by atoms with Gasteiger partial charge in [-0.1, -0.05) is 0 Å². The maximum Gasteiger partial charge on any atom is 0.334 e. The normalized spacial score (nSPS) is 13.0. The third-order valence-electron chi connectivity index (χ3n) is 3.69. The Balaban J connectivity index is 1.70. The fraction of sp³-hybridized carbons (Fsp3) is 0.667. The number of nitrogens with zero attached hydrogens (tertiary/aromatic N) is 4. The van der Waals surface area contributed by atoms with E-state index >= 15 is 0 Å². The molecule has 0 saturated heterocycles. The van der Waals surface area contributed by atoms with Crippen molar-refractivity contribution >= 4 is 32.7 Å². The summed E-state index contributed by atoms with van der Waals surface area (Å²) in [5.74, 6) is -0.335. The molecule has 0 fully saturated rings. The molecular formula is C15H27N5O8P2. The van der Waals surface area contributed by atoms with Crippen molar-refractivity contribution in [2.75, 3.05) is 51.8 Å². The zero-order valence-corrected chi connectivity index (χ0v) is 18.5. The number of nitrogen functional groups attached to an aromatic ring is 1. The van der Waals surface area contributed by atoms with Crippen LogP contribution in [-0.4, -0.2) is 75.4 Å². The molecule has 1 atom stereocenters. The van der Waals surface area contributed by atoms with E-state index in [-0.39, 0.29) is 12.6 Å². The Bertz CT molecular complexity index is 874. The number of fused-ring (bicyclic) bond motifs is 1. The number of methoxy groups -OCH3 is 1. The van der Waals surface area contributed by atoms with Crippen LogP contribution in [0.25, 0.3) is 11.2 Å². The van der Waals surface area contributed by atoms with Gasteiger partial charge in [-0.25, -0.2) is 4.98 Å². The number of anilines is 1. The zero-order valence-electron chi connectivity index (χ0n) is 16.6. The molecule has 170 valence electrons. The van der Waals surface area contributed by atoms with E-state index in [2.05, 4.69) is 15.0 Å². The van der Waals surface area contributed by atoms with Crippen molar-refractivity contribution in [3.8, 4) is 5.88 Å². The SMILES string of the molecule is COCCOc1nc(N)nc2c1ncn2CCCOCCCO[PH](=O)CP(=O)(O)O. The van der Waals surface area contributed by atoms with Crippen LogP contribution < -0.4 is 10.5 Å². The monoisotopic (exact) mass is 467 g/mol. The van der Waals surface area contributed by atoms with Crippen molar-refractivity contribution in [2.24, 2.45) is 0 Å². The number of ether oxygens (including phenoxy) is 3. The minimum Gasteiger partial charge on any atom is -0.474 e. The van der Waals surface area contributed by atoms with Gasteiger partial charge in [0.05, 0.1) is 19.5 Å². The first-order chi connectivity index (χ1) is 14.3. The smallest absolute Gasteiger partial charge is 0.334 e. The summed E-state index contributed by atoms with van der Waals surface area (Å²) in [5.41, 5.74) is 6.85. The molecule has 0 aromatic carbocycles. The molecule has 0 amide bonds. The van der Waals surface area contributed by atoms with Gasteiger partial charge in [0.1, 0.15) is 12.5 Å². The molecule has 15 heteroatoms. The van der Waals surface area contributed by atoms with Crippen LogP contribution in [0.15, 0.2) is 6.33 Å². The molecule has 0 spiro atoms. The van der Waals surface area contributed by atoms with Gasteiger partial charge in [0.25, 0.3) is 0 Å². The fourth-order valence-electron chi connectivity index (χ4n) is 2.42. The number of rotatable bonds is 15. The van der Waals surface area contributed by atoms with Crippen LogP contribution in [0, 0.1) is 0 Å². The highest BCUT2D eigenvalue weighted by Crippen LogP contribution is 2.45. The second-order valence-electron chi connectivity index (χ2n) is 6.20. The van der Waals surface area contributed by atoms with Gasteiger partial charge >= 0.3 is 7.60 Å². The van der Waals surface area contributed by atoms with Crippen molar-refractivity contribution in [3.63, 3.8) is 0 Å². The molecule has 0 aliphatic rings. The predicted molar refractivity (Wildman–Crippen MR) is 109 cm³/mol. The zero-order chi connectivity index (χ0) is 22.0. The Hall–Kier alpha value is -1.59. The van der Waals surface area contributed by atoms with E-state index in [1.807, 2.05) is 4.57 Å². The third-order valence-corrected chi connectivity index (χ3v) is 6.90. The Kier molecular flexibility index (Phi) is 10.1. The van der Waals surface area contributed by atoms with Crippen molar-refractivity contribution in [3.05, 3.63) is 6.33 Å². The average Bonchev–Trinajstić information content (AvgIpc) is 3.05. The molecule has 4 N–H and O–H groups in total. The van der Waals surface area contributed by atoms with E-state index in [4.69, 9.17) is 34.3 Å². The number of hydrogen-bond donors (Lipinski definition) is 3. The molecule has 1 unspecified atom stereocenters. The number of hydrogen-bond acceptors (Lipinski definition) is 10. The highest BCUT2D eigenvalue weighted by molar-refractivity contribution is 7.64. The van der Waals surface area contributed by atoms with Gasteiger partial charge in [0, 0.05) is 26.9 Å². The van der Waals surface area contributed by atoms with E-state index in [1.165, 1.54) is 0 Å². The average molecular weight is 467 g/mol. The van der Waals surface area contributed by atoms with E-state index in [1.54, 1.807) is 13.4 Å². The molecule has 0 saturated carbocycles. The molecule has 0 radical (unpaired) electrons. The summed E-state index contributed by atoms with van der Waals surface area (Å²) in [6.45, 7) is 2.29. The van der Waals surface area contributed by atoms with E-state index < -0.39 is 21.5 Å². The van der Waals surface area contributed by atoms with E-state index in [0.717, 1.165) is 0 Å². The van der Waals surface area contributed by atoms with Gasteiger partial charge in [-0.15, -0.1) is 0 Å². The largest absolute Gasteiger partial charge is 0.474 e. The Morgan fingerprint density at radius 3 is 2.67 bits per heavy atom. The van der Waals surface area contributed by atoms with Crippen LogP contribution in [0.5, 0.6) is 5.88 Å². The van der Waals surface area contributed by atoms with Crippen LogP contribution in [0.3, 0.4) is 0 Å². The molecule has 0 bridgehead atoms. The molecule has 13 nitrogen and oxygen atoms in total. The van der Waals surface area contributed by atoms with Crippen molar-refractivity contribution in [1.82, 2.24) is 19.5 Å². The van der Waals surface area contributed by atoms with Crippen LogP contribution in [0.2, 0.25) is 0 Å². The lowest BCUT2D eigenvalue weighted by molar-refractivity contribution is 0.116.